The second kappa shape index (κ2) is 9.03. The summed E-state index contributed by atoms with van der Waals surface area (Å²) in [6, 6.07) is 8.24. The minimum absolute atomic E-state index is 0.0287. The number of piperidine rings is 1. The van der Waals surface area contributed by atoms with Crippen molar-refractivity contribution in [3.05, 3.63) is 24.3 Å². The topological polar surface area (TPSA) is 59.4 Å². The number of ether oxygens (including phenoxy) is 1. The Bertz CT molecular complexity index is 728. The minimum atomic E-state index is 0.0287. The van der Waals surface area contributed by atoms with Gasteiger partial charge < -0.3 is 19.5 Å². The molecule has 1 saturated heterocycles. The van der Waals surface area contributed by atoms with Crippen LogP contribution in [-0.4, -0.2) is 48.3 Å². The Morgan fingerprint density at radius 3 is 3.00 bits per heavy atom. The molecule has 0 bridgehead atoms. The van der Waals surface area contributed by atoms with Crippen LogP contribution in [0.3, 0.4) is 0 Å². The number of fused-ring (bicyclic) bond motifs is 1. The van der Waals surface area contributed by atoms with Crippen LogP contribution in [0.1, 0.15) is 33.1 Å². The van der Waals surface area contributed by atoms with Crippen LogP contribution in [0.4, 0.5) is 5.95 Å². The Labute approximate surface area is 155 Å². The molecule has 3 rings (SSSR count). The van der Waals surface area contributed by atoms with Gasteiger partial charge in [0, 0.05) is 39.4 Å². The number of nitrogens with zero attached hydrogens (tertiary/aromatic N) is 3. The molecule has 1 aliphatic heterocycles. The molecule has 1 aromatic heterocycles. The number of para-hydroxylation sites is 2. The van der Waals surface area contributed by atoms with E-state index in [1.807, 2.05) is 13.0 Å². The third-order valence-corrected chi connectivity index (χ3v) is 4.99. The van der Waals surface area contributed by atoms with Crippen molar-refractivity contribution in [3.8, 4) is 0 Å². The first-order valence-electron chi connectivity index (χ1n) is 9.80. The van der Waals surface area contributed by atoms with Crippen molar-refractivity contribution in [2.45, 2.75) is 39.7 Å². The van der Waals surface area contributed by atoms with Crippen LogP contribution in [0.5, 0.6) is 0 Å². The largest absolute Gasteiger partial charge is 0.382 e. The number of benzene rings is 1. The van der Waals surface area contributed by atoms with Gasteiger partial charge in [0.25, 0.3) is 0 Å². The molecule has 1 unspecified atom stereocenters. The number of rotatable bonds is 8. The normalized spacial score (nSPS) is 17.6. The molecule has 0 radical (unpaired) electrons. The van der Waals surface area contributed by atoms with Crippen LogP contribution in [-0.2, 0) is 16.1 Å². The summed E-state index contributed by atoms with van der Waals surface area (Å²) in [5.41, 5.74) is 2.18. The number of nitrogens with one attached hydrogen (secondary N) is 1. The number of aromatic nitrogens is 2. The maximum Gasteiger partial charge on any atom is 0.224 e. The highest BCUT2D eigenvalue weighted by Crippen LogP contribution is 2.27. The number of aryl methyl sites for hydroxylation is 1. The Kier molecular flexibility index (Phi) is 6.50. The molecule has 26 heavy (non-hydrogen) atoms. The number of hydrogen-bond acceptors (Lipinski definition) is 4. The number of carbonyl (C=O) groups excluding carboxylic acids is 1. The molecule has 1 aliphatic rings. The molecule has 1 atom stereocenters. The van der Waals surface area contributed by atoms with Crippen LogP contribution >= 0.6 is 0 Å². The van der Waals surface area contributed by atoms with Gasteiger partial charge in [-0.2, -0.15) is 0 Å². The Morgan fingerprint density at radius 1 is 1.35 bits per heavy atom. The van der Waals surface area contributed by atoms with Gasteiger partial charge in [-0.05, 0) is 45.2 Å². The van der Waals surface area contributed by atoms with E-state index in [-0.39, 0.29) is 11.8 Å². The molecule has 6 nitrogen and oxygen atoms in total. The van der Waals surface area contributed by atoms with Crippen LogP contribution in [0.15, 0.2) is 24.3 Å². The third-order valence-electron chi connectivity index (χ3n) is 4.99. The fraction of sp³-hybridized carbons (Fsp3) is 0.600. The average Bonchev–Trinajstić information content (AvgIpc) is 3.06. The molecule has 2 heterocycles. The molecule has 1 amide bonds. The lowest BCUT2D eigenvalue weighted by Crippen LogP contribution is -2.44. The summed E-state index contributed by atoms with van der Waals surface area (Å²) in [7, 11) is 0. The predicted octanol–water partition coefficient (Wildman–Crippen LogP) is 2.82. The van der Waals surface area contributed by atoms with E-state index in [2.05, 4.69) is 39.9 Å². The van der Waals surface area contributed by atoms with Crippen molar-refractivity contribution in [1.29, 1.82) is 0 Å². The highest BCUT2D eigenvalue weighted by Gasteiger charge is 2.28. The lowest BCUT2D eigenvalue weighted by molar-refractivity contribution is -0.125. The van der Waals surface area contributed by atoms with Gasteiger partial charge in [0.2, 0.25) is 11.9 Å². The van der Waals surface area contributed by atoms with E-state index in [9.17, 15) is 4.79 Å². The summed E-state index contributed by atoms with van der Waals surface area (Å²) in [5, 5.41) is 3.07. The van der Waals surface area contributed by atoms with Gasteiger partial charge in [-0.3, -0.25) is 4.79 Å². The van der Waals surface area contributed by atoms with Crippen LogP contribution < -0.4 is 10.2 Å². The molecule has 1 N–H and O–H groups in total. The fourth-order valence-electron chi connectivity index (χ4n) is 3.66. The van der Waals surface area contributed by atoms with Gasteiger partial charge in [0.1, 0.15) is 0 Å². The standard InChI is InChI=1S/C20H30N4O2/c1-3-24-18-11-6-5-10-17(18)22-20(24)23-13-7-9-16(15-23)19(25)21-12-8-14-26-4-2/h5-6,10-11,16H,3-4,7-9,12-15H2,1-2H3,(H,21,25). The maximum absolute atomic E-state index is 12.5. The lowest BCUT2D eigenvalue weighted by Gasteiger charge is -2.33. The molecule has 142 valence electrons. The van der Waals surface area contributed by atoms with Gasteiger partial charge in [-0.15, -0.1) is 0 Å². The lowest BCUT2D eigenvalue weighted by atomic mass is 9.97. The number of imidazole rings is 1. The highest BCUT2D eigenvalue weighted by molar-refractivity contribution is 5.81. The van der Waals surface area contributed by atoms with E-state index >= 15 is 0 Å². The first kappa shape index (κ1) is 18.7. The SMILES string of the molecule is CCOCCCNC(=O)C1CCCN(c2nc3ccccc3n2CC)C1. The van der Waals surface area contributed by atoms with Gasteiger partial charge >= 0.3 is 0 Å². The average molecular weight is 358 g/mol. The van der Waals surface area contributed by atoms with Crippen molar-refractivity contribution < 1.29 is 9.53 Å². The monoisotopic (exact) mass is 358 g/mol. The quantitative estimate of drug-likeness (QED) is 0.737. The van der Waals surface area contributed by atoms with E-state index < -0.39 is 0 Å². The van der Waals surface area contributed by atoms with Crippen molar-refractivity contribution in [2.24, 2.45) is 5.92 Å². The molecule has 1 aromatic carbocycles. The van der Waals surface area contributed by atoms with Gasteiger partial charge in [-0.1, -0.05) is 12.1 Å². The molecule has 0 saturated carbocycles. The van der Waals surface area contributed by atoms with Crippen LogP contribution in [0.25, 0.3) is 11.0 Å². The van der Waals surface area contributed by atoms with E-state index in [1.165, 1.54) is 0 Å². The minimum Gasteiger partial charge on any atom is -0.382 e. The number of anilines is 1. The summed E-state index contributed by atoms with van der Waals surface area (Å²) < 4.78 is 7.57. The van der Waals surface area contributed by atoms with E-state index in [1.54, 1.807) is 0 Å². The smallest absolute Gasteiger partial charge is 0.224 e. The highest BCUT2D eigenvalue weighted by atomic mass is 16.5. The fourth-order valence-corrected chi connectivity index (χ4v) is 3.66. The summed E-state index contributed by atoms with van der Waals surface area (Å²) in [5.74, 6) is 1.17. The summed E-state index contributed by atoms with van der Waals surface area (Å²) >= 11 is 0. The molecule has 2 aromatic rings. The van der Waals surface area contributed by atoms with E-state index in [4.69, 9.17) is 9.72 Å². The Morgan fingerprint density at radius 2 is 2.19 bits per heavy atom. The molecule has 0 spiro atoms. The number of hydrogen-bond donors (Lipinski definition) is 1. The summed E-state index contributed by atoms with van der Waals surface area (Å²) in [4.78, 5) is 19.6. The second-order valence-corrected chi connectivity index (χ2v) is 6.77. The zero-order chi connectivity index (χ0) is 18.4. The van der Waals surface area contributed by atoms with Gasteiger partial charge in [0.05, 0.1) is 17.0 Å². The number of carbonyl (C=O) groups is 1. The van der Waals surface area contributed by atoms with E-state index in [0.717, 1.165) is 62.5 Å². The van der Waals surface area contributed by atoms with Gasteiger partial charge in [-0.25, -0.2) is 4.98 Å². The molecular formula is C20H30N4O2. The Hall–Kier alpha value is -2.08. The van der Waals surface area contributed by atoms with Crippen LogP contribution in [0.2, 0.25) is 0 Å². The number of amides is 1. The second-order valence-electron chi connectivity index (χ2n) is 6.77. The summed E-state index contributed by atoms with van der Waals surface area (Å²) in [6.45, 7) is 8.81. The molecule has 0 aliphatic carbocycles. The van der Waals surface area contributed by atoms with Crippen molar-refractivity contribution in [3.63, 3.8) is 0 Å². The maximum atomic E-state index is 12.5. The van der Waals surface area contributed by atoms with Crippen molar-refractivity contribution >= 4 is 22.9 Å². The molecule has 6 heteroatoms. The third kappa shape index (κ3) is 4.18. The molecular weight excluding hydrogens is 328 g/mol. The van der Waals surface area contributed by atoms with Gasteiger partial charge in [0.15, 0.2) is 0 Å². The first-order valence-corrected chi connectivity index (χ1v) is 9.80. The van der Waals surface area contributed by atoms with Crippen molar-refractivity contribution in [1.82, 2.24) is 14.9 Å². The molecule has 1 fully saturated rings. The predicted molar refractivity (Wildman–Crippen MR) is 104 cm³/mol. The van der Waals surface area contributed by atoms with Crippen molar-refractivity contribution in [2.75, 3.05) is 37.7 Å². The zero-order valence-corrected chi connectivity index (χ0v) is 15.9. The van der Waals surface area contributed by atoms with Crippen LogP contribution in [0, 0.1) is 5.92 Å². The summed E-state index contributed by atoms with van der Waals surface area (Å²) in [6.07, 6.45) is 2.83. The zero-order valence-electron chi connectivity index (χ0n) is 15.9. The van der Waals surface area contributed by atoms with E-state index in [0.29, 0.717) is 13.2 Å². The Balaban J connectivity index is 1.64. The first-order chi connectivity index (χ1) is 12.7.